The molecule has 11 heteroatoms. The van der Waals surface area contributed by atoms with Crippen LogP contribution in [0.5, 0.6) is 0 Å². The number of hydrogen-bond acceptors (Lipinski definition) is 7. The summed E-state index contributed by atoms with van der Waals surface area (Å²) in [6.45, 7) is 3.83. The lowest BCUT2D eigenvalue weighted by atomic mass is 10.2. The van der Waals surface area contributed by atoms with Crippen LogP contribution in [0.2, 0.25) is 0 Å². The van der Waals surface area contributed by atoms with Crippen molar-refractivity contribution >= 4 is 36.5 Å². The molecular formula is C18H24N5O4PS. The Balaban J connectivity index is 1.82. The second kappa shape index (κ2) is 8.81. The van der Waals surface area contributed by atoms with Gasteiger partial charge in [0.2, 0.25) is 5.95 Å². The molecule has 4 N–H and O–H groups in total. The number of ether oxygens (including phenoxy) is 1. The minimum absolute atomic E-state index is 0.101. The van der Waals surface area contributed by atoms with Gasteiger partial charge in [0.05, 0.1) is 12.9 Å². The zero-order chi connectivity index (χ0) is 21.1. The van der Waals surface area contributed by atoms with Crippen LogP contribution in [0.4, 0.5) is 5.95 Å². The fraction of sp³-hybridized carbons (Fsp3) is 0.389. The largest absolute Gasteiger partial charge is 0.368 e. The molecule has 3 rings (SSSR count). The number of aromatic nitrogens is 4. The molecule has 0 saturated carbocycles. The van der Waals surface area contributed by atoms with Gasteiger partial charge in [0, 0.05) is 11.4 Å². The number of nitrogens with two attached hydrogens (primary N) is 1. The van der Waals surface area contributed by atoms with Gasteiger partial charge in [-0.2, -0.15) is 4.98 Å². The first-order valence-corrected chi connectivity index (χ1v) is 11.6. The van der Waals surface area contributed by atoms with Crippen LogP contribution in [0.1, 0.15) is 26.7 Å². The lowest BCUT2D eigenvalue weighted by Crippen LogP contribution is -2.32. The fourth-order valence-electron chi connectivity index (χ4n) is 3.05. The van der Waals surface area contributed by atoms with Gasteiger partial charge in [-0.3, -0.25) is 4.57 Å². The molecule has 0 bridgehead atoms. The molecule has 0 aliphatic carbocycles. The minimum atomic E-state index is -4.41. The van der Waals surface area contributed by atoms with Crippen LogP contribution in [0.15, 0.2) is 46.6 Å². The van der Waals surface area contributed by atoms with Gasteiger partial charge in [0.1, 0.15) is 10.5 Å². The average Bonchev–Trinajstić information content (AvgIpc) is 3.08. The van der Waals surface area contributed by atoms with Crippen molar-refractivity contribution in [3.63, 3.8) is 0 Å². The van der Waals surface area contributed by atoms with E-state index in [1.165, 1.54) is 11.8 Å². The number of rotatable bonds is 9. The maximum absolute atomic E-state index is 11.9. The van der Waals surface area contributed by atoms with Crippen molar-refractivity contribution in [2.45, 2.75) is 48.5 Å². The van der Waals surface area contributed by atoms with Gasteiger partial charge in [-0.15, -0.1) is 0 Å². The second-order valence-electron chi connectivity index (χ2n) is 6.46. The lowest BCUT2D eigenvalue weighted by Gasteiger charge is -2.32. The molecule has 0 atom stereocenters. The Kier molecular flexibility index (Phi) is 6.60. The van der Waals surface area contributed by atoms with E-state index in [0.717, 1.165) is 4.90 Å². The van der Waals surface area contributed by atoms with E-state index in [0.29, 0.717) is 22.7 Å². The summed E-state index contributed by atoms with van der Waals surface area (Å²) in [5, 5.41) is -0.837. The van der Waals surface area contributed by atoms with Gasteiger partial charge in [0.25, 0.3) is 0 Å². The summed E-state index contributed by atoms with van der Waals surface area (Å²) < 4.78 is 19.3. The van der Waals surface area contributed by atoms with E-state index in [2.05, 4.69) is 15.0 Å². The fourth-order valence-corrected chi connectivity index (χ4v) is 5.03. The molecule has 0 saturated heterocycles. The Morgan fingerprint density at radius 1 is 1.21 bits per heavy atom. The molecule has 29 heavy (non-hydrogen) atoms. The first kappa shape index (κ1) is 21.7. The number of imidazole rings is 1. The normalized spacial score (nSPS) is 12.6. The number of nitrogen functional groups attached to an aromatic ring is 1. The van der Waals surface area contributed by atoms with E-state index in [-0.39, 0.29) is 25.4 Å². The van der Waals surface area contributed by atoms with Crippen molar-refractivity contribution in [2.24, 2.45) is 0 Å². The molecule has 1 aromatic carbocycles. The summed E-state index contributed by atoms with van der Waals surface area (Å²) in [6, 6.07) is 9.75. The summed E-state index contributed by atoms with van der Waals surface area (Å²) in [5.74, 6) is 0.130. The number of anilines is 1. The van der Waals surface area contributed by atoms with Crippen molar-refractivity contribution in [3.05, 3.63) is 36.7 Å². The van der Waals surface area contributed by atoms with Crippen LogP contribution in [0.25, 0.3) is 11.2 Å². The van der Waals surface area contributed by atoms with E-state index in [9.17, 15) is 14.4 Å². The molecule has 0 aliphatic heterocycles. The highest BCUT2D eigenvalue weighted by atomic mass is 32.2. The molecule has 9 nitrogen and oxygen atoms in total. The molecule has 0 fully saturated rings. The molecule has 2 heterocycles. The Morgan fingerprint density at radius 2 is 1.90 bits per heavy atom. The first-order valence-electron chi connectivity index (χ1n) is 9.20. The van der Waals surface area contributed by atoms with Gasteiger partial charge in [-0.25, -0.2) is 9.97 Å². The Bertz CT molecular complexity index is 1020. The number of nitrogens with zero attached hydrogens (tertiary/aromatic N) is 4. The highest BCUT2D eigenvalue weighted by Gasteiger charge is 2.44. The Hall–Kier alpha value is -1.97. The van der Waals surface area contributed by atoms with Crippen molar-refractivity contribution < 1.29 is 19.1 Å². The number of benzene rings is 1. The third-order valence-corrected chi connectivity index (χ3v) is 7.55. The number of fused-ring (bicyclic) bond motifs is 1. The quantitative estimate of drug-likeness (QED) is 0.340. The van der Waals surface area contributed by atoms with Crippen LogP contribution in [0, 0.1) is 0 Å². The molecule has 3 aromatic rings. The van der Waals surface area contributed by atoms with Crippen LogP contribution >= 0.6 is 19.4 Å². The van der Waals surface area contributed by atoms with Crippen molar-refractivity contribution in [3.8, 4) is 0 Å². The van der Waals surface area contributed by atoms with Crippen LogP contribution in [-0.2, 0) is 15.8 Å². The lowest BCUT2D eigenvalue weighted by molar-refractivity contribution is -0.00992. The van der Waals surface area contributed by atoms with Crippen molar-refractivity contribution in [1.29, 1.82) is 0 Å². The molecular weight excluding hydrogens is 413 g/mol. The Morgan fingerprint density at radius 3 is 2.52 bits per heavy atom. The number of hydrogen-bond donors (Lipinski definition) is 3. The Labute approximate surface area is 172 Å². The van der Waals surface area contributed by atoms with Gasteiger partial charge >= 0.3 is 7.60 Å². The van der Waals surface area contributed by atoms with Crippen molar-refractivity contribution in [2.75, 3.05) is 12.3 Å². The third kappa shape index (κ3) is 4.62. The molecule has 2 aromatic heterocycles. The van der Waals surface area contributed by atoms with E-state index in [1.54, 1.807) is 24.7 Å². The second-order valence-corrected chi connectivity index (χ2v) is 9.42. The monoisotopic (exact) mass is 437 g/mol. The summed E-state index contributed by atoms with van der Waals surface area (Å²) >= 11 is 1.44. The van der Waals surface area contributed by atoms with Gasteiger partial charge < -0.3 is 24.8 Å². The molecule has 0 radical (unpaired) electrons. The van der Waals surface area contributed by atoms with Crippen molar-refractivity contribution in [1.82, 2.24) is 19.5 Å². The predicted molar refractivity (Wildman–Crippen MR) is 112 cm³/mol. The maximum atomic E-state index is 11.9. The van der Waals surface area contributed by atoms with Crippen LogP contribution < -0.4 is 5.73 Å². The van der Waals surface area contributed by atoms with Gasteiger partial charge in [-0.1, -0.05) is 43.8 Å². The SMILES string of the molecule is CCC(CC)(OCCn1cnc2c(Sc3ccccc3)nc(N)nc21)P(=O)(O)O. The summed E-state index contributed by atoms with van der Waals surface area (Å²) in [4.78, 5) is 33.4. The van der Waals surface area contributed by atoms with E-state index < -0.39 is 12.9 Å². The zero-order valence-corrected chi connectivity index (χ0v) is 17.9. The first-order chi connectivity index (χ1) is 13.8. The molecule has 0 spiro atoms. The topological polar surface area (TPSA) is 136 Å². The highest BCUT2D eigenvalue weighted by Crippen LogP contribution is 2.55. The van der Waals surface area contributed by atoms with Crippen LogP contribution in [0.3, 0.4) is 0 Å². The highest BCUT2D eigenvalue weighted by molar-refractivity contribution is 7.99. The average molecular weight is 437 g/mol. The summed E-state index contributed by atoms with van der Waals surface area (Å²) in [7, 11) is -4.41. The van der Waals surface area contributed by atoms with Gasteiger partial charge in [0.15, 0.2) is 11.0 Å². The molecule has 156 valence electrons. The van der Waals surface area contributed by atoms with E-state index in [4.69, 9.17) is 10.5 Å². The minimum Gasteiger partial charge on any atom is -0.368 e. The zero-order valence-electron chi connectivity index (χ0n) is 16.2. The third-order valence-electron chi connectivity index (χ3n) is 4.75. The standard InChI is InChI=1S/C18H24N5O4PS/c1-3-18(4-2,28(24,25)26)27-11-10-23-12-20-14-15(23)21-17(19)22-16(14)29-13-8-6-5-7-9-13/h5-9,12H,3-4,10-11H2,1-2H3,(H2,19,21,22)(H2,24,25,26). The molecule has 0 aliphatic rings. The van der Waals surface area contributed by atoms with E-state index >= 15 is 0 Å². The summed E-state index contributed by atoms with van der Waals surface area (Å²) in [5.41, 5.74) is 7.06. The van der Waals surface area contributed by atoms with Gasteiger partial charge in [-0.05, 0) is 25.0 Å². The van der Waals surface area contributed by atoms with E-state index in [1.807, 2.05) is 30.3 Å². The smallest absolute Gasteiger partial charge is 0.357 e. The van der Waals surface area contributed by atoms with Crippen LogP contribution in [-0.4, -0.2) is 41.3 Å². The maximum Gasteiger partial charge on any atom is 0.357 e. The summed E-state index contributed by atoms with van der Waals surface area (Å²) in [6.07, 6.45) is 2.03. The predicted octanol–water partition coefficient (Wildman–Crippen LogP) is 3.27. The molecule has 0 amide bonds. The molecule has 0 unspecified atom stereocenters.